The molecule has 1 fully saturated rings. The van der Waals surface area contributed by atoms with Gasteiger partial charge in [0.1, 0.15) is 5.75 Å². The first-order valence-electron chi connectivity index (χ1n) is 10.4. The first kappa shape index (κ1) is 20.2. The fourth-order valence-corrected chi connectivity index (χ4v) is 3.94. The molecule has 1 amide bonds. The Labute approximate surface area is 177 Å². The standard InChI is InChI=1S/C24H28N4O2/c1-18-16-27(17-26-18)22-11-10-20(15-23(22)30-2)28-14-12-21(24(28)29)25-13-6-9-19-7-4-3-5-8-19/h3-5,7-8,10-11,15-17,21,25H,6,9,12-14H2,1-2H3. The zero-order chi connectivity index (χ0) is 20.9. The van der Waals surface area contributed by atoms with Gasteiger partial charge < -0.3 is 19.5 Å². The van der Waals surface area contributed by atoms with Crippen LogP contribution in [-0.4, -0.2) is 41.7 Å². The van der Waals surface area contributed by atoms with Crippen molar-refractivity contribution in [1.29, 1.82) is 0 Å². The number of carbonyl (C=O) groups is 1. The lowest BCUT2D eigenvalue weighted by Gasteiger charge is -2.19. The number of benzene rings is 2. The number of hydrogen-bond donors (Lipinski definition) is 1. The number of rotatable bonds is 8. The van der Waals surface area contributed by atoms with Crippen molar-refractivity contribution in [3.8, 4) is 11.4 Å². The lowest BCUT2D eigenvalue weighted by atomic mass is 10.1. The van der Waals surface area contributed by atoms with Gasteiger partial charge in [-0.2, -0.15) is 0 Å². The topological polar surface area (TPSA) is 59.4 Å². The summed E-state index contributed by atoms with van der Waals surface area (Å²) in [5, 5.41) is 3.44. The molecule has 1 aliphatic heterocycles. The Morgan fingerprint density at radius 2 is 2.03 bits per heavy atom. The van der Waals surface area contributed by atoms with Crippen LogP contribution in [0.3, 0.4) is 0 Å². The fraction of sp³-hybridized carbons (Fsp3) is 0.333. The Balaban J connectivity index is 1.37. The summed E-state index contributed by atoms with van der Waals surface area (Å²) in [6.45, 7) is 3.50. The summed E-state index contributed by atoms with van der Waals surface area (Å²) in [6, 6.07) is 16.2. The predicted octanol–water partition coefficient (Wildman–Crippen LogP) is 3.52. The third-order valence-electron chi connectivity index (χ3n) is 5.55. The van der Waals surface area contributed by atoms with E-state index in [1.165, 1.54) is 5.56 Å². The van der Waals surface area contributed by atoms with Crippen LogP contribution in [0.15, 0.2) is 61.1 Å². The normalized spacial score (nSPS) is 16.3. The van der Waals surface area contributed by atoms with Crippen LogP contribution < -0.4 is 15.0 Å². The van der Waals surface area contributed by atoms with Gasteiger partial charge in [-0.25, -0.2) is 4.98 Å². The van der Waals surface area contributed by atoms with Crippen molar-refractivity contribution in [2.75, 3.05) is 25.1 Å². The average molecular weight is 405 g/mol. The van der Waals surface area contributed by atoms with E-state index >= 15 is 0 Å². The van der Waals surface area contributed by atoms with Gasteiger partial charge in [0.05, 0.1) is 30.9 Å². The van der Waals surface area contributed by atoms with Crippen LogP contribution in [0.5, 0.6) is 5.75 Å². The maximum absolute atomic E-state index is 12.9. The lowest BCUT2D eigenvalue weighted by molar-refractivity contribution is -0.118. The molecule has 1 atom stereocenters. The Morgan fingerprint density at radius 3 is 2.77 bits per heavy atom. The van der Waals surface area contributed by atoms with Crippen LogP contribution in [-0.2, 0) is 11.2 Å². The van der Waals surface area contributed by atoms with E-state index < -0.39 is 0 Å². The van der Waals surface area contributed by atoms with Crippen LogP contribution in [0.4, 0.5) is 5.69 Å². The predicted molar refractivity (Wildman–Crippen MR) is 118 cm³/mol. The molecule has 0 spiro atoms. The second-order valence-electron chi connectivity index (χ2n) is 7.65. The minimum Gasteiger partial charge on any atom is -0.494 e. The summed E-state index contributed by atoms with van der Waals surface area (Å²) in [6.07, 6.45) is 6.57. The number of aromatic nitrogens is 2. The highest BCUT2D eigenvalue weighted by Crippen LogP contribution is 2.31. The summed E-state index contributed by atoms with van der Waals surface area (Å²) in [5.41, 5.74) is 4.05. The third kappa shape index (κ3) is 4.39. The molecule has 1 aliphatic rings. The van der Waals surface area contributed by atoms with E-state index in [1.54, 1.807) is 13.4 Å². The SMILES string of the molecule is COc1cc(N2CCC(NCCCc3ccccc3)C2=O)ccc1-n1cnc(C)c1. The number of nitrogens with zero attached hydrogens (tertiary/aromatic N) is 3. The molecule has 0 bridgehead atoms. The Bertz CT molecular complexity index is 999. The fourth-order valence-electron chi connectivity index (χ4n) is 3.94. The summed E-state index contributed by atoms with van der Waals surface area (Å²) < 4.78 is 7.52. The van der Waals surface area contributed by atoms with E-state index in [-0.39, 0.29) is 11.9 Å². The second kappa shape index (κ2) is 9.13. The number of ether oxygens (including phenoxy) is 1. The molecule has 6 nitrogen and oxygen atoms in total. The smallest absolute Gasteiger partial charge is 0.244 e. The van der Waals surface area contributed by atoms with Crippen LogP contribution in [0.25, 0.3) is 5.69 Å². The van der Waals surface area contributed by atoms with Gasteiger partial charge in [-0.1, -0.05) is 30.3 Å². The number of amides is 1. The zero-order valence-electron chi connectivity index (χ0n) is 17.5. The van der Waals surface area contributed by atoms with E-state index in [0.29, 0.717) is 6.54 Å². The molecule has 0 aliphatic carbocycles. The van der Waals surface area contributed by atoms with Crippen molar-refractivity contribution in [1.82, 2.24) is 14.9 Å². The Hall–Kier alpha value is -3.12. The molecule has 0 saturated carbocycles. The minimum absolute atomic E-state index is 0.122. The van der Waals surface area contributed by atoms with Crippen molar-refractivity contribution in [3.63, 3.8) is 0 Å². The van der Waals surface area contributed by atoms with E-state index in [0.717, 1.165) is 48.6 Å². The molecule has 4 rings (SSSR count). The van der Waals surface area contributed by atoms with Gasteiger partial charge in [-0.3, -0.25) is 4.79 Å². The van der Waals surface area contributed by atoms with Crippen LogP contribution >= 0.6 is 0 Å². The second-order valence-corrected chi connectivity index (χ2v) is 7.65. The monoisotopic (exact) mass is 404 g/mol. The Kier molecular flexibility index (Phi) is 6.14. The highest BCUT2D eigenvalue weighted by atomic mass is 16.5. The number of methoxy groups -OCH3 is 1. The molecular weight excluding hydrogens is 376 g/mol. The van der Waals surface area contributed by atoms with Gasteiger partial charge in [0.25, 0.3) is 0 Å². The molecule has 2 aromatic carbocycles. The molecule has 1 saturated heterocycles. The Morgan fingerprint density at radius 1 is 1.20 bits per heavy atom. The van der Waals surface area contributed by atoms with E-state index in [4.69, 9.17) is 4.74 Å². The highest BCUT2D eigenvalue weighted by molar-refractivity contribution is 5.99. The van der Waals surface area contributed by atoms with Gasteiger partial charge in [0.15, 0.2) is 0 Å². The molecular formula is C24H28N4O2. The van der Waals surface area contributed by atoms with Gasteiger partial charge >= 0.3 is 0 Å². The molecule has 3 aromatic rings. The summed E-state index contributed by atoms with van der Waals surface area (Å²) in [7, 11) is 1.65. The molecule has 2 heterocycles. The first-order valence-corrected chi connectivity index (χ1v) is 10.4. The summed E-state index contributed by atoms with van der Waals surface area (Å²) in [5.74, 6) is 0.847. The van der Waals surface area contributed by atoms with Crippen molar-refractivity contribution in [2.45, 2.75) is 32.2 Å². The number of anilines is 1. The largest absolute Gasteiger partial charge is 0.494 e. The molecule has 30 heavy (non-hydrogen) atoms. The quantitative estimate of drug-likeness (QED) is 0.584. The van der Waals surface area contributed by atoms with Gasteiger partial charge in [-0.05, 0) is 50.4 Å². The van der Waals surface area contributed by atoms with Crippen molar-refractivity contribution < 1.29 is 9.53 Å². The number of aryl methyl sites for hydroxylation is 2. The first-order chi connectivity index (χ1) is 14.7. The minimum atomic E-state index is -0.122. The highest BCUT2D eigenvalue weighted by Gasteiger charge is 2.32. The maximum atomic E-state index is 12.9. The van der Waals surface area contributed by atoms with Crippen molar-refractivity contribution >= 4 is 11.6 Å². The van der Waals surface area contributed by atoms with E-state index in [9.17, 15) is 4.79 Å². The van der Waals surface area contributed by atoms with Gasteiger partial charge in [-0.15, -0.1) is 0 Å². The van der Waals surface area contributed by atoms with Crippen molar-refractivity contribution in [3.05, 3.63) is 72.3 Å². The van der Waals surface area contributed by atoms with E-state index in [1.807, 2.05) is 46.9 Å². The maximum Gasteiger partial charge on any atom is 0.244 e. The van der Waals surface area contributed by atoms with Crippen LogP contribution in [0, 0.1) is 6.92 Å². The lowest BCUT2D eigenvalue weighted by Crippen LogP contribution is -2.38. The van der Waals surface area contributed by atoms with E-state index in [2.05, 4.69) is 34.6 Å². The summed E-state index contributed by atoms with van der Waals surface area (Å²) in [4.78, 5) is 19.1. The molecule has 6 heteroatoms. The molecule has 0 radical (unpaired) electrons. The molecule has 1 N–H and O–H groups in total. The third-order valence-corrected chi connectivity index (χ3v) is 5.55. The number of carbonyl (C=O) groups excluding carboxylic acids is 1. The van der Waals surface area contributed by atoms with Gasteiger partial charge in [0, 0.05) is 24.5 Å². The van der Waals surface area contributed by atoms with Crippen molar-refractivity contribution in [2.24, 2.45) is 0 Å². The number of imidazole rings is 1. The average Bonchev–Trinajstić information content (AvgIpc) is 3.37. The number of hydrogen-bond acceptors (Lipinski definition) is 4. The zero-order valence-corrected chi connectivity index (χ0v) is 17.5. The van der Waals surface area contributed by atoms with Gasteiger partial charge in [0.2, 0.25) is 5.91 Å². The summed E-state index contributed by atoms with van der Waals surface area (Å²) >= 11 is 0. The molecule has 1 unspecified atom stereocenters. The van der Waals surface area contributed by atoms with Crippen LogP contribution in [0.1, 0.15) is 24.1 Å². The van der Waals surface area contributed by atoms with Crippen LogP contribution in [0.2, 0.25) is 0 Å². The molecule has 1 aromatic heterocycles. The number of nitrogens with one attached hydrogen (secondary N) is 1. The molecule has 156 valence electrons.